The second-order valence-electron chi connectivity index (χ2n) is 7.76. The van der Waals surface area contributed by atoms with Crippen LogP contribution in [0.25, 0.3) is 11.8 Å². The maximum absolute atomic E-state index is 14.0. The van der Waals surface area contributed by atoms with Crippen LogP contribution < -0.4 is 0 Å². The molecule has 0 unspecified atom stereocenters. The minimum absolute atomic E-state index is 0.142. The summed E-state index contributed by atoms with van der Waals surface area (Å²) in [5.41, 5.74) is 3.81. The summed E-state index contributed by atoms with van der Waals surface area (Å²) in [5, 5.41) is 0.545. The lowest BCUT2D eigenvalue weighted by Gasteiger charge is -2.39. The molecule has 1 atom stereocenters. The Balaban J connectivity index is 2.02. The van der Waals surface area contributed by atoms with Gasteiger partial charge < -0.3 is 0 Å². The fourth-order valence-corrected chi connectivity index (χ4v) is 5.58. The number of hydrogen-bond donors (Lipinski definition) is 0. The predicted molar refractivity (Wildman–Crippen MR) is 129 cm³/mol. The van der Waals surface area contributed by atoms with Gasteiger partial charge in [-0.25, -0.2) is 8.42 Å². The lowest BCUT2D eigenvalue weighted by molar-refractivity contribution is -0.114. The first-order valence-electron chi connectivity index (χ1n) is 10.1. The van der Waals surface area contributed by atoms with Gasteiger partial charge in [-0.1, -0.05) is 72.3 Å². The number of rotatable bonds is 5. The highest BCUT2D eigenvalue weighted by Crippen LogP contribution is 2.45. The van der Waals surface area contributed by atoms with Gasteiger partial charge in [-0.2, -0.15) is 0 Å². The molecule has 0 saturated carbocycles. The summed E-state index contributed by atoms with van der Waals surface area (Å²) in [7, 11) is -4.04. The molecule has 0 fully saturated rings. The van der Waals surface area contributed by atoms with Crippen LogP contribution in [0.1, 0.15) is 35.2 Å². The molecule has 1 aliphatic rings. The molecule has 0 amide bonds. The SMILES string of the molecule is C=C(C(C)=O)[C@@H]1c2ccccc2C=C(c2ccc(Cl)cc2)N1S(=O)(=O)c1ccc(C)cc1. The van der Waals surface area contributed by atoms with E-state index in [1.807, 2.05) is 37.3 Å². The van der Waals surface area contributed by atoms with Crippen molar-refractivity contribution < 1.29 is 13.2 Å². The van der Waals surface area contributed by atoms with Crippen LogP contribution in [0, 0.1) is 6.92 Å². The normalized spacial score (nSPS) is 15.7. The molecule has 1 aliphatic heterocycles. The fourth-order valence-electron chi connectivity index (χ4n) is 3.81. The van der Waals surface area contributed by atoms with Crippen molar-refractivity contribution in [3.8, 4) is 0 Å². The number of sulfonamides is 1. The number of halogens is 1. The summed E-state index contributed by atoms with van der Waals surface area (Å²) < 4.78 is 29.3. The molecule has 0 aliphatic carbocycles. The molecule has 32 heavy (non-hydrogen) atoms. The largest absolute Gasteiger partial charge is 0.295 e. The van der Waals surface area contributed by atoms with E-state index >= 15 is 0 Å². The van der Waals surface area contributed by atoms with Gasteiger partial charge in [0.05, 0.1) is 16.6 Å². The van der Waals surface area contributed by atoms with Crippen molar-refractivity contribution in [2.45, 2.75) is 24.8 Å². The first-order valence-corrected chi connectivity index (χ1v) is 11.9. The molecule has 0 radical (unpaired) electrons. The molecule has 0 aromatic heterocycles. The van der Waals surface area contributed by atoms with E-state index in [-0.39, 0.29) is 16.3 Å². The summed E-state index contributed by atoms with van der Waals surface area (Å²) in [6, 6.07) is 20.2. The molecule has 4 nitrogen and oxygen atoms in total. The zero-order chi connectivity index (χ0) is 23.0. The van der Waals surface area contributed by atoms with E-state index in [9.17, 15) is 13.2 Å². The van der Waals surface area contributed by atoms with Gasteiger partial charge in [0, 0.05) is 10.6 Å². The van der Waals surface area contributed by atoms with Crippen molar-refractivity contribution >= 4 is 39.2 Å². The molecule has 0 saturated heterocycles. The molecule has 0 bridgehead atoms. The minimum Gasteiger partial charge on any atom is -0.295 e. The van der Waals surface area contributed by atoms with Crippen LogP contribution in [-0.2, 0) is 14.8 Å². The average Bonchev–Trinajstić information content (AvgIpc) is 2.78. The van der Waals surface area contributed by atoms with E-state index in [0.717, 1.165) is 11.1 Å². The molecule has 162 valence electrons. The van der Waals surface area contributed by atoms with Crippen LogP contribution in [0.3, 0.4) is 0 Å². The van der Waals surface area contributed by atoms with Gasteiger partial charge in [0.1, 0.15) is 0 Å². The standard InChI is InChI=1S/C26H22ClNO3S/c1-17-8-14-23(15-9-17)32(30,31)28-25(20-10-12-22(27)13-11-20)16-21-6-4-5-7-24(21)26(28)18(2)19(3)29/h4-16,26H,2H2,1,3H3/t26-/m1/s1. The summed E-state index contributed by atoms with van der Waals surface area (Å²) in [6.07, 6.45) is 1.83. The summed E-state index contributed by atoms with van der Waals surface area (Å²) in [4.78, 5) is 12.6. The molecule has 6 heteroatoms. The van der Waals surface area contributed by atoms with Crippen molar-refractivity contribution in [2.24, 2.45) is 0 Å². The number of ketones is 1. The molecule has 0 N–H and O–H groups in total. The van der Waals surface area contributed by atoms with E-state index in [2.05, 4.69) is 6.58 Å². The number of benzene rings is 3. The Morgan fingerprint density at radius 1 is 0.969 bits per heavy atom. The van der Waals surface area contributed by atoms with Gasteiger partial charge in [0.2, 0.25) is 0 Å². The van der Waals surface area contributed by atoms with E-state index in [0.29, 0.717) is 21.8 Å². The van der Waals surface area contributed by atoms with E-state index < -0.39 is 16.1 Å². The Morgan fingerprint density at radius 2 is 1.59 bits per heavy atom. The molecule has 0 spiro atoms. The number of aryl methyl sites for hydroxylation is 1. The molecule has 1 heterocycles. The Kier molecular flexibility index (Phi) is 5.80. The number of fused-ring (bicyclic) bond motifs is 1. The highest BCUT2D eigenvalue weighted by atomic mass is 35.5. The van der Waals surface area contributed by atoms with Crippen LogP contribution >= 0.6 is 11.6 Å². The number of hydrogen-bond acceptors (Lipinski definition) is 3. The first kappa shape index (κ1) is 22.1. The van der Waals surface area contributed by atoms with E-state index in [1.54, 1.807) is 48.5 Å². The van der Waals surface area contributed by atoms with Gasteiger partial charge in [0.25, 0.3) is 10.0 Å². The molecule has 3 aromatic carbocycles. The zero-order valence-electron chi connectivity index (χ0n) is 17.7. The Hall–Kier alpha value is -3.15. The molecule has 3 aromatic rings. The van der Waals surface area contributed by atoms with E-state index in [4.69, 9.17) is 11.6 Å². The zero-order valence-corrected chi connectivity index (χ0v) is 19.3. The number of carbonyl (C=O) groups is 1. The third-order valence-electron chi connectivity index (χ3n) is 5.55. The van der Waals surface area contributed by atoms with Crippen LogP contribution in [0.4, 0.5) is 0 Å². The van der Waals surface area contributed by atoms with E-state index in [1.165, 1.54) is 11.2 Å². The maximum atomic E-state index is 14.0. The van der Waals surface area contributed by atoms with Crippen LogP contribution in [-0.4, -0.2) is 18.5 Å². The topological polar surface area (TPSA) is 54.5 Å². The van der Waals surface area contributed by atoms with Crippen molar-refractivity contribution in [1.29, 1.82) is 0 Å². The highest BCUT2D eigenvalue weighted by molar-refractivity contribution is 7.89. The van der Waals surface area contributed by atoms with Gasteiger partial charge in [0.15, 0.2) is 5.78 Å². The highest BCUT2D eigenvalue weighted by Gasteiger charge is 2.40. The van der Waals surface area contributed by atoms with Crippen LogP contribution in [0.2, 0.25) is 5.02 Å². The number of Topliss-reactive ketones (excluding diaryl/α,β-unsaturated/α-hetero) is 1. The summed E-state index contributed by atoms with van der Waals surface area (Å²) >= 11 is 6.08. The first-order chi connectivity index (χ1) is 15.2. The Bertz CT molecular complexity index is 1340. The second kappa shape index (κ2) is 8.41. The predicted octanol–water partition coefficient (Wildman–Crippen LogP) is 6.04. The van der Waals surface area contributed by atoms with Gasteiger partial charge >= 0.3 is 0 Å². The third kappa shape index (κ3) is 3.90. The van der Waals surface area contributed by atoms with Crippen LogP contribution in [0.5, 0.6) is 0 Å². The monoisotopic (exact) mass is 463 g/mol. The van der Waals surface area contributed by atoms with Gasteiger partial charge in [-0.05, 0) is 60.9 Å². The minimum atomic E-state index is -4.04. The Morgan fingerprint density at radius 3 is 2.22 bits per heavy atom. The van der Waals surface area contributed by atoms with Crippen molar-refractivity contribution in [2.75, 3.05) is 0 Å². The van der Waals surface area contributed by atoms with Crippen molar-refractivity contribution in [3.05, 3.63) is 112 Å². The number of nitrogens with zero attached hydrogens (tertiary/aromatic N) is 1. The lowest BCUT2D eigenvalue weighted by atomic mass is 9.89. The fraction of sp³-hybridized carbons (Fsp3) is 0.115. The maximum Gasteiger partial charge on any atom is 0.265 e. The third-order valence-corrected chi connectivity index (χ3v) is 7.60. The van der Waals surface area contributed by atoms with Crippen molar-refractivity contribution in [1.82, 2.24) is 4.31 Å². The summed E-state index contributed by atoms with van der Waals surface area (Å²) in [5.74, 6) is -0.272. The molecule has 4 rings (SSSR count). The average molecular weight is 464 g/mol. The number of carbonyl (C=O) groups excluding carboxylic acids is 1. The summed E-state index contributed by atoms with van der Waals surface area (Å²) in [6.45, 7) is 7.29. The van der Waals surface area contributed by atoms with Crippen LogP contribution in [0.15, 0.2) is 89.8 Å². The smallest absolute Gasteiger partial charge is 0.265 e. The van der Waals surface area contributed by atoms with Crippen molar-refractivity contribution in [3.63, 3.8) is 0 Å². The van der Waals surface area contributed by atoms with Gasteiger partial charge in [-0.3, -0.25) is 9.10 Å². The quantitative estimate of drug-likeness (QED) is 0.433. The molecular weight excluding hydrogens is 442 g/mol. The Labute approximate surface area is 193 Å². The lowest BCUT2D eigenvalue weighted by Crippen LogP contribution is -2.37. The van der Waals surface area contributed by atoms with Gasteiger partial charge in [-0.15, -0.1) is 0 Å². The molecular formula is C26H22ClNO3S. The second-order valence-corrected chi connectivity index (χ2v) is 10.0.